The molecule has 0 spiro atoms. The van der Waals surface area contributed by atoms with Crippen molar-refractivity contribution in [3.05, 3.63) is 0 Å². The van der Waals surface area contributed by atoms with Gasteiger partial charge in [0, 0.05) is 12.6 Å². The first-order chi connectivity index (χ1) is 8.36. The van der Waals surface area contributed by atoms with E-state index < -0.39 is 11.4 Å². The van der Waals surface area contributed by atoms with Gasteiger partial charge in [0.1, 0.15) is 0 Å². The monoisotopic (exact) mass is 253 g/mol. The second-order valence-corrected chi connectivity index (χ2v) is 6.97. The highest BCUT2D eigenvalue weighted by Gasteiger charge is 2.50. The van der Waals surface area contributed by atoms with Gasteiger partial charge in [0.15, 0.2) is 0 Å². The fraction of sp³-hybridized carbons (Fsp3) is 0.933. The van der Waals surface area contributed by atoms with Crippen molar-refractivity contribution in [3.8, 4) is 0 Å². The van der Waals surface area contributed by atoms with Crippen LogP contribution in [0.25, 0.3) is 0 Å². The van der Waals surface area contributed by atoms with Gasteiger partial charge in [-0.25, -0.2) is 0 Å². The Kier molecular flexibility index (Phi) is 3.72. The van der Waals surface area contributed by atoms with E-state index in [1.165, 1.54) is 12.8 Å². The molecule has 1 aliphatic heterocycles. The molecule has 1 N–H and O–H groups in total. The normalized spacial score (nSPS) is 37.2. The first kappa shape index (κ1) is 13.9. The minimum absolute atomic E-state index is 0.223. The summed E-state index contributed by atoms with van der Waals surface area (Å²) >= 11 is 0. The lowest BCUT2D eigenvalue weighted by Crippen LogP contribution is -2.47. The molecule has 0 radical (unpaired) electrons. The molecular weight excluding hydrogens is 226 g/mol. The summed E-state index contributed by atoms with van der Waals surface area (Å²) in [4.78, 5) is 14.0. The molecule has 18 heavy (non-hydrogen) atoms. The molecule has 2 rings (SSSR count). The highest BCUT2D eigenvalue weighted by atomic mass is 16.4. The van der Waals surface area contributed by atoms with Crippen LogP contribution in [0.4, 0.5) is 0 Å². The quantitative estimate of drug-likeness (QED) is 0.837. The smallest absolute Gasteiger partial charge is 0.311 e. The number of carboxylic acid groups (broad SMARTS) is 1. The zero-order chi connectivity index (χ0) is 13.5. The topological polar surface area (TPSA) is 40.5 Å². The number of carboxylic acids is 1. The summed E-state index contributed by atoms with van der Waals surface area (Å²) in [6, 6.07) is 0.650. The number of hydrogen-bond donors (Lipinski definition) is 1. The molecule has 104 valence electrons. The van der Waals surface area contributed by atoms with Crippen molar-refractivity contribution in [1.82, 2.24) is 4.90 Å². The zero-order valence-corrected chi connectivity index (χ0v) is 12.1. The maximum atomic E-state index is 11.6. The highest BCUT2D eigenvalue weighted by molar-refractivity contribution is 5.75. The van der Waals surface area contributed by atoms with Gasteiger partial charge in [-0.2, -0.15) is 0 Å². The molecule has 2 aliphatic rings. The van der Waals surface area contributed by atoms with E-state index in [1.807, 2.05) is 0 Å². The molecule has 3 nitrogen and oxygen atoms in total. The molecule has 0 aromatic rings. The maximum absolute atomic E-state index is 11.6. The molecule has 0 aromatic carbocycles. The molecule has 0 bridgehead atoms. The molecule has 1 saturated carbocycles. The minimum atomic E-state index is -0.597. The van der Waals surface area contributed by atoms with E-state index in [2.05, 4.69) is 32.6 Å². The number of rotatable bonds is 4. The summed E-state index contributed by atoms with van der Waals surface area (Å²) in [6.07, 6.45) is 3.36. The van der Waals surface area contributed by atoms with Crippen LogP contribution in [0, 0.1) is 23.2 Å². The van der Waals surface area contributed by atoms with E-state index in [1.54, 1.807) is 0 Å². The Balaban J connectivity index is 1.94. The number of nitrogens with zero attached hydrogens (tertiary/aromatic N) is 1. The standard InChI is InChI=1S/C15H27NO2/c1-10(2)12-7-13(8-12)16-6-5-15(9-16,11(3)4)14(17)18/h10-13H,5-9H2,1-4H3,(H,17,18). The van der Waals surface area contributed by atoms with Gasteiger partial charge in [0.25, 0.3) is 0 Å². The van der Waals surface area contributed by atoms with Crippen LogP contribution in [0.5, 0.6) is 0 Å². The lowest BCUT2D eigenvalue weighted by molar-refractivity contribution is -0.151. The van der Waals surface area contributed by atoms with Crippen LogP contribution in [0.3, 0.4) is 0 Å². The maximum Gasteiger partial charge on any atom is 0.311 e. The van der Waals surface area contributed by atoms with Crippen LogP contribution in [-0.2, 0) is 4.79 Å². The zero-order valence-electron chi connectivity index (χ0n) is 12.1. The Morgan fingerprint density at radius 2 is 1.89 bits per heavy atom. The van der Waals surface area contributed by atoms with Crippen molar-refractivity contribution in [1.29, 1.82) is 0 Å². The Hall–Kier alpha value is -0.570. The van der Waals surface area contributed by atoms with Gasteiger partial charge in [-0.15, -0.1) is 0 Å². The number of carbonyl (C=O) groups is 1. The van der Waals surface area contributed by atoms with Crippen LogP contribution in [0.15, 0.2) is 0 Å². The van der Waals surface area contributed by atoms with Crippen LogP contribution in [0.1, 0.15) is 47.0 Å². The van der Waals surface area contributed by atoms with Crippen molar-refractivity contribution in [2.75, 3.05) is 13.1 Å². The van der Waals surface area contributed by atoms with Gasteiger partial charge in [0.2, 0.25) is 0 Å². The average molecular weight is 253 g/mol. The summed E-state index contributed by atoms with van der Waals surface area (Å²) in [7, 11) is 0. The molecule has 1 aliphatic carbocycles. The first-order valence-corrected chi connectivity index (χ1v) is 7.34. The molecule has 1 unspecified atom stereocenters. The van der Waals surface area contributed by atoms with Crippen molar-refractivity contribution in [2.24, 2.45) is 23.2 Å². The predicted octanol–water partition coefficient (Wildman–Crippen LogP) is 2.85. The van der Waals surface area contributed by atoms with Crippen molar-refractivity contribution in [3.63, 3.8) is 0 Å². The third-order valence-corrected chi connectivity index (χ3v) is 5.47. The molecule has 2 fully saturated rings. The third kappa shape index (κ3) is 2.18. The van der Waals surface area contributed by atoms with E-state index in [0.29, 0.717) is 6.04 Å². The Morgan fingerprint density at radius 1 is 1.28 bits per heavy atom. The molecule has 0 aromatic heterocycles. The Labute approximate surface area is 111 Å². The van der Waals surface area contributed by atoms with Crippen molar-refractivity contribution in [2.45, 2.75) is 53.0 Å². The van der Waals surface area contributed by atoms with E-state index in [9.17, 15) is 9.90 Å². The molecule has 3 heteroatoms. The molecular formula is C15H27NO2. The molecule has 1 atom stereocenters. The summed E-state index contributed by atoms with van der Waals surface area (Å²) in [5.74, 6) is 1.26. The fourth-order valence-corrected chi connectivity index (χ4v) is 3.54. The van der Waals surface area contributed by atoms with Crippen LogP contribution in [-0.4, -0.2) is 35.1 Å². The van der Waals surface area contributed by atoms with Gasteiger partial charge in [-0.1, -0.05) is 27.7 Å². The minimum Gasteiger partial charge on any atom is -0.481 e. The number of likely N-dealkylation sites (tertiary alicyclic amines) is 1. The van der Waals surface area contributed by atoms with Gasteiger partial charge in [0.05, 0.1) is 5.41 Å². The van der Waals surface area contributed by atoms with Crippen molar-refractivity contribution < 1.29 is 9.90 Å². The van der Waals surface area contributed by atoms with Gasteiger partial charge >= 0.3 is 5.97 Å². The summed E-state index contributed by atoms with van der Waals surface area (Å²) in [5.41, 5.74) is -0.497. The van der Waals surface area contributed by atoms with E-state index in [-0.39, 0.29) is 5.92 Å². The highest BCUT2D eigenvalue weighted by Crippen LogP contribution is 2.44. The summed E-state index contributed by atoms with van der Waals surface area (Å²) in [6.45, 7) is 10.4. The van der Waals surface area contributed by atoms with Crippen LogP contribution < -0.4 is 0 Å². The summed E-state index contributed by atoms with van der Waals surface area (Å²) in [5, 5.41) is 9.54. The predicted molar refractivity (Wildman–Crippen MR) is 72.4 cm³/mol. The lowest BCUT2D eigenvalue weighted by Gasteiger charge is -2.44. The van der Waals surface area contributed by atoms with E-state index in [0.717, 1.165) is 31.3 Å². The van der Waals surface area contributed by atoms with Gasteiger partial charge in [-0.05, 0) is 43.6 Å². The van der Waals surface area contributed by atoms with Crippen molar-refractivity contribution >= 4 is 5.97 Å². The third-order valence-electron chi connectivity index (χ3n) is 5.47. The number of aliphatic carboxylic acids is 1. The molecule has 1 saturated heterocycles. The average Bonchev–Trinajstić information content (AvgIpc) is 2.60. The second-order valence-electron chi connectivity index (χ2n) is 6.97. The summed E-state index contributed by atoms with van der Waals surface area (Å²) < 4.78 is 0. The first-order valence-electron chi connectivity index (χ1n) is 7.34. The Bertz CT molecular complexity index is 320. The number of hydrogen-bond acceptors (Lipinski definition) is 2. The fourth-order valence-electron chi connectivity index (χ4n) is 3.54. The van der Waals surface area contributed by atoms with Crippen LogP contribution >= 0.6 is 0 Å². The SMILES string of the molecule is CC(C)C1CC(N2CCC(C(=O)O)(C(C)C)C2)C1. The van der Waals surface area contributed by atoms with Crippen LogP contribution in [0.2, 0.25) is 0 Å². The Morgan fingerprint density at radius 3 is 2.28 bits per heavy atom. The van der Waals surface area contributed by atoms with E-state index >= 15 is 0 Å². The van der Waals surface area contributed by atoms with E-state index in [4.69, 9.17) is 0 Å². The van der Waals surface area contributed by atoms with Gasteiger partial charge < -0.3 is 5.11 Å². The molecule has 1 heterocycles. The second kappa shape index (κ2) is 4.84. The largest absolute Gasteiger partial charge is 0.481 e. The van der Waals surface area contributed by atoms with Gasteiger partial charge in [-0.3, -0.25) is 9.69 Å². The molecule has 0 amide bonds. The lowest BCUT2D eigenvalue weighted by atomic mass is 9.72.